The van der Waals surface area contributed by atoms with Gasteiger partial charge in [0.05, 0.1) is 11.9 Å². The molecular formula is C21H24N2O3S. The molecule has 1 N–H and O–H groups in total. The van der Waals surface area contributed by atoms with Crippen LogP contribution in [0.5, 0.6) is 0 Å². The van der Waals surface area contributed by atoms with E-state index in [1.54, 1.807) is 43.1 Å². The van der Waals surface area contributed by atoms with Crippen LogP contribution in [-0.4, -0.2) is 35.8 Å². The van der Waals surface area contributed by atoms with E-state index in [-0.39, 0.29) is 11.8 Å². The molecule has 1 aliphatic rings. The molecule has 1 aliphatic carbocycles. The van der Waals surface area contributed by atoms with Crippen LogP contribution in [0, 0.1) is 0 Å². The van der Waals surface area contributed by atoms with E-state index in [0.29, 0.717) is 11.3 Å². The molecule has 1 fully saturated rings. The highest BCUT2D eigenvalue weighted by Gasteiger charge is 2.42. The first-order valence-corrected chi connectivity index (χ1v) is 9.83. The zero-order valence-corrected chi connectivity index (χ0v) is 16.4. The van der Waals surface area contributed by atoms with E-state index in [9.17, 15) is 9.59 Å². The van der Waals surface area contributed by atoms with Crippen molar-refractivity contribution in [3.05, 3.63) is 60.2 Å². The first-order valence-electron chi connectivity index (χ1n) is 9.02. The Hall–Kier alpha value is -2.31. The second kappa shape index (κ2) is 8.59. The molecule has 142 valence electrons. The lowest BCUT2D eigenvalue weighted by Crippen LogP contribution is -2.37. The predicted molar refractivity (Wildman–Crippen MR) is 108 cm³/mol. The normalized spacial score (nSPS) is 15.3. The fraction of sp³-hybridized carbons (Fsp3) is 0.333. The van der Waals surface area contributed by atoms with Gasteiger partial charge >= 0.3 is 0 Å². The summed E-state index contributed by atoms with van der Waals surface area (Å²) in [4.78, 5) is 31.2. The molecule has 2 amide bonds. The van der Waals surface area contributed by atoms with Gasteiger partial charge in [0, 0.05) is 23.2 Å². The lowest BCUT2D eigenvalue weighted by molar-refractivity contribution is -0.118. The average molecular weight is 385 g/mol. The molecule has 0 atom stereocenters. The minimum absolute atomic E-state index is 0.0296. The smallest absolute Gasteiger partial charge is 0.277 e. The van der Waals surface area contributed by atoms with Crippen LogP contribution in [0.25, 0.3) is 0 Å². The third-order valence-corrected chi connectivity index (χ3v) is 6.32. The van der Waals surface area contributed by atoms with Crippen molar-refractivity contribution in [3.8, 4) is 0 Å². The molecule has 3 rings (SSSR count). The first-order chi connectivity index (χ1) is 13.0. The number of rotatable bonds is 6. The van der Waals surface area contributed by atoms with Gasteiger partial charge in [-0.2, -0.15) is 0 Å². The minimum atomic E-state index is -0.438. The molecule has 0 unspecified atom stereocenters. The number of hydrogen-bond donors (Lipinski definition) is 1. The monoisotopic (exact) mass is 384 g/mol. The van der Waals surface area contributed by atoms with Gasteiger partial charge in [-0.1, -0.05) is 31.0 Å². The summed E-state index contributed by atoms with van der Waals surface area (Å²) in [6.45, 7) is 0. The molecular weight excluding hydrogens is 360 g/mol. The van der Waals surface area contributed by atoms with Gasteiger partial charge in [-0.05, 0) is 49.2 Å². The molecule has 0 spiro atoms. The van der Waals surface area contributed by atoms with E-state index in [2.05, 4.69) is 5.32 Å². The molecule has 2 aromatic carbocycles. The molecule has 1 saturated carbocycles. The number of benzene rings is 2. The van der Waals surface area contributed by atoms with Gasteiger partial charge in [0.25, 0.3) is 5.91 Å². The summed E-state index contributed by atoms with van der Waals surface area (Å²) in [5.74, 6) is -0.204. The van der Waals surface area contributed by atoms with E-state index in [1.165, 1.54) is 7.11 Å². The highest BCUT2D eigenvalue weighted by molar-refractivity contribution is 8.01. The van der Waals surface area contributed by atoms with Crippen LogP contribution in [0.1, 0.15) is 36.0 Å². The number of nitrogens with one attached hydrogen (secondary N) is 1. The highest BCUT2D eigenvalue weighted by Crippen LogP contribution is 2.46. The van der Waals surface area contributed by atoms with Crippen molar-refractivity contribution in [2.75, 3.05) is 19.5 Å². The molecule has 6 heteroatoms. The summed E-state index contributed by atoms with van der Waals surface area (Å²) in [6.07, 6.45) is 3.86. The SMILES string of the molecule is CON(C)C(=O)c1ccc(NC(=O)C2(Sc3ccccc3)CCCC2)cc1. The lowest BCUT2D eigenvalue weighted by Gasteiger charge is -2.27. The van der Waals surface area contributed by atoms with Gasteiger partial charge in [0.2, 0.25) is 5.91 Å². The molecule has 0 heterocycles. The number of carbonyl (C=O) groups is 2. The first kappa shape index (κ1) is 19.5. The summed E-state index contributed by atoms with van der Waals surface area (Å²) in [5.41, 5.74) is 1.20. The number of thioether (sulfide) groups is 1. The molecule has 0 aliphatic heterocycles. The Balaban J connectivity index is 1.72. The van der Waals surface area contributed by atoms with Crippen molar-refractivity contribution < 1.29 is 14.4 Å². The van der Waals surface area contributed by atoms with Gasteiger partial charge in [-0.15, -0.1) is 11.8 Å². The predicted octanol–water partition coefficient (Wildman–Crippen LogP) is 4.36. The van der Waals surface area contributed by atoms with Gasteiger partial charge in [-0.25, -0.2) is 5.06 Å². The van der Waals surface area contributed by atoms with Crippen LogP contribution >= 0.6 is 11.8 Å². The van der Waals surface area contributed by atoms with Gasteiger partial charge in [0.15, 0.2) is 0 Å². The fourth-order valence-electron chi connectivity index (χ4n) is 3.24. The summed E-state index contributed by atoms with van der Waals surface area (Å²) in [5, 5.41) is 4.20. The molecule has 5 nitrogen and oxygen atoms in total. The van der Waals surface area contributed by atoms with Gasteiger partial charge < -0.3 is 5.32 Å². The van der Waals surface area contributed by atoms with Crippen LogP contribution in [0.15, 0.2) is 59.5 Å². The second-order valence-corrected chi connectivity index (χ2v) is 8.09. The number of hydroxylamine groups is 2. The van der Waals surface area contributed by atoms with E-state index in [4.69, 9.17) is 4.84 Å². The maximum Gasteiger partial charge on any atom is 0.277 e. The zero-order chi connectivity index (χ0) is 19.3. The van der Waals surface area contributed by atoms with Gasteiger partial charge in [-0.3, -0.25) is 14.4 Å². The van der Waals surface area contributed by atoms with Crippen LogP contribution in [0.3, 0.4) is 0 Å². The van der Waals surface area contributed by atoms with Crippen molar-refractivity contribution in [2.45, 2.75) is 35.3 Å². The Labute approximate surface area is 164 Å². The highest BCUT2D eigenvalue weighted by atomic mass is 32.2. The number of carbonyl (C=O) groups excluding carboxylic acids is 2. The number of nitrogens with zero attached hydrogens (tertiary/aromatic N) is 1. The minimum Gasteiger partial charge on any atom is -0.325 e. The Morgan fingerprint density at radius 1 is 1.04 bits per heavy atom. The molecule has 2 aromatic rings. The maximum absolute atomic E-state index is 13.1. The lowest BCUT2D eigenvalue weighted by atomic mass is 10.1. The van der Waals surface area contributed by atoms with Crippen LogP contribution in [0.4, 0.5) is 5.69 Å². The quantitative estimate of drug-likeness (QED) is 0.752. The van der Waals surface area contributed by atoms with Gasteiger partial charge in [0.1, 0.15) is 0 Å². The Morgan fingerprint density at radius 3 is 2.26 bits per heavy atom. The third-order valence-electron chi connectivity index (χ3n) is 4.83. The largest absolute Gasteiger partial charge is 0.325 e. The number of amides is 2. The van der Waals surface area contributed by atoms with E-state index in [1.807, 2.05) is 30.3 Å². The fourth-order valence-corrected chi connectivity index (χ4v) is 4.62. The number of anilines is 1. The molecule has 27 heavy (non-hydrogen) atoms. The van der Waals surface area contributed by atoms with Crippen LogP contribution < -0.4 is 5.32 Å². The van der Waals surface area contributed by atoms with Crippen molar-refractivity contribution in [1.29, 1.82) is 0 Å². The van der Waals surface area contributed by atoms with Crippen molar-refractivity contribution in [1.82, 2.24) is 5.06 Å². The Bertz CT molecular complexity index is 787. The molecule has 0 aromatic heterocycles. The summed E-state index contributed by atoms with van der Waals surface area (Å²) in [6, 6.07) is 17.0. The molecule has 0 radical (unpaired) electrons. The zero-order valence-electron chi connectivity index (χ0n) is 15.6. The Kier molecular flexibility index (Phi) is 6.19. The van der Waals surface area contributed by atoms with Crippen LogP contribution in [0.2, 0.25) is 0 Å². The average Bonchev–Trinajstić information content (AvgIpc) is 3.18. The maximum atomic E-state index is 13.1. The topological polar surface area (TPSA) is 58.6 Å². The van der Waals surface area contributed by atoms with E-state index >= 15 is 0 Å². The van der Waals surface area contributed by atoms with Crippen molar-refractivity contribution in [2.24, 2.45) is 0 Å². The summed E-state index contributed by atoms with van der Waals surface area (Å²) in [7, 11) is 3.00. The third kappa shape index (κ3) is 4.51. The molecule has 0 saturated heterocycles. The second-order valence-electron chi connectivity index (χ2n) is 6.63. The summed E-state index contributed by atoms with van der Waals surface area (Å²) < 4.78 is -0.438. The van der Waals surface area contributed by atoms with Crippen molar-refractivity contribution >= 4 is 29.3 Å². The van der Waals surface area contributed by atoms with Crippen molar-refractivity contribution in [3.63, 3.8) is 0 Å². The van der Waals surface area contributed by atoms with E-state index < -0.39 is 4.75 Å². The number of hydrogen-bond acceptors (Lipinski definition) is 4. The summed E-state index contributed by atoms with van der Waals surface area (Å²) >= 11 is 1.65. The standard InChI is InChI=1S/C21H24N2O3S/c1-23(26-2)19(24)16-10-12-17(13-11-16)22-20(25)21(14-6-7-15-21)27-18-8-4-3-5-9-18/h3-5,8-13H,6-7,14-15H2,1-2H3,(H,22,25). The van der Waals surface area contributed by atoms with Crippen LogP contribution in [-0.2, 0) is 9.63 Å². The van der Waals surface area contributed by atoms with E-state index in [0.717, 1.165) is 35.6 Å². The Morgan fingerprint density at radius 2 is 1.67 bits per heavy atom. The molecule has 0 bridgehead atoms.